The third-order valence-electron chi connectivity index (χ3n) is 5.32. The van der Waals surface area contributed by atoms with Crippen molar-refractivity contribution in [2.75, 3.05) is 19.6 Å². The van der Waals surface area contributed by atoms with Gasteiger partial charge in [-0.15, -0.1) is 0 Å². The highest BCUT2D eigenvalue weighted by Gasteiger charge is 2.27. The lowest BCUT2D eigenvalue weighted by atomic mass is 10.1. The Hall–Kier alpha value is -2.29. The second kappa shape index (κ2) is 8.22. The first-order chi connectivity index (χ1) is 13.9. The number of rotatable bonds is 7. The van der Waals surface area contributed by atoms with Gasteiger partial charge in [0.15, 0.2) is 5.58 Å². The highest BCUT2D eigenvalue weighted by atomic mass is 32.2. The normalized spacial score (nSPS) is 17.9. The molecule has 3 aromatic rings. The summed E-state index contributed by atoms with van der Waals surface area (Å²) in [4.78, 5) is 2.56. The molecule has 2 aromatic carbocycles. The van der Waals surface area contributed by atoms with E-state index in [0.29, 0.717) is 17.0 Å². The van der Waals surface area contributed by atoms with E-state index in [1.165, 1.54) is 12.1 Å². The monoisotopic (exact) mass is 417 g/mol. The van der Waals surface area contributed by atoms with Gasteiger partial charge in [-0.2, -0.15) is 0 Å². The predicted molar refractivity (Wildman–Crippen MR) is 109 cm³/mol. The smallest absolute Gasteiger partial charge is 0.240 e. The molecule has 0 aliphatic carbocycles. The number of fused-ring (bicyclic) bond motifs is 1. The number of aryl methyl sites for hydroxylation is 2. The summed E-state index contributed by atoms with van der Waals surface area (Å²) in [6, 6.07) is 11.2. The Morgan fingerprint density at radius 2 is 2.03 bits per heavy atom. The van der Waals surface area contributed by atoms with Crippen LogP contribution in [0.25, 0.3) is 11.0 Å². The lowest BCUT2D eigenvalue weighted by Crippen LogP contribution is -2.37. The summed E-state index contributed by atoms with van der Waals surface area (Å²) in [5.41, 5.74) is 2.32. The average molecular weight is 418 g/mol. The first-order valence-corrected chi connectivity index (χ1v) is 11.2. The molecule has 1 fully saturated rings. The van der Waals surface area contributed by atoms with Crippen molar-refractivity contribution in [3.63, 3.8) is 0 Å². The molecule has 154 valence electrons. The number of benzene rings is 2. The van der Waals surface area contributed by atoms with E-state index < -0.39 is 10.0 Å². The van der Waals surface area contributed by atoms with Crippen LogP contribution in [0.15, 0.2) is 51.9 Å². The summed E-state index contributed by atoms with van der Waals surface area (Å²) in [7, 11) is -3.50. The van der Waals surface area contributed by atoms with Crippen molar-refractivity contribution < 1.29 is 17.3 Å². The van der Waals surface area contributed by atoms with E-state index in [2.05, 4.69) is 14.8 Å². The maximum atomic E-state index is 13.2. The zero-order chi connectivity index (χ0) is 20.4. The Balaban J connectivity index is 1.28. The van der Waals surface area contributed by atoms with E-state index in [9.17, 15) is 12.8 Å². The van der Waals surface area contributed by atoms with E-state index in [1.54, 1.807) is 30.3 Å². The minimum Gasteiger partial charge on any atom is -0.356 e. The van der Waals surface area contributed by atoms with Crippen LogP contribution in [0.1, 0.15) is 24.1 Å². The zero-order valence-electron chi connectivity index (χ0n) is 16.3. The van der Waals surface area contributed by atoms with Gasteiger partial charge in [0, 0.05) is 24.0 Å². The number of nitrogens with zero attached hydrogens (tertiary/aromatic N) is 2. The van der Waals surface area contributed by atoms with Gasteiger partial charge in [0.2, 0.25) is 10.0 Å². The molecule has 1 atom stereocenters. The molecule has 0 saturated carbocycles. The molecule has 1 aromatic heterocycles. The van der Waals surface area contributed by atoms with Crippen molar-refractivity contribution in [3.05, 3.63) is 59.5 Å². The van der Waals surface area contributed by atoms with E-state index in [4.69, 9.17) is 4.52 Å². The number of hydrogen-bond donors (Lipinski definition) is 1. The third-order valence-corrected chi connectivity index (χ3v) is 6.86. The van der Waals surface area contributed by atoms with Crippen LogP contribution in [-0.4, -0.2) is 44.2 Å². The fourth-order valence-corrected chi connectivity index (χ4v) is 5.01. The molecule has 1 saturated heterocycles. The SMILES string of the molecule is Cc1ccc(S(=O)(=O)NC2CCN(CCCc3noc4cc(F)ccc34)C2)cc1. The average Bonchev–Trinajstić information content (AvgIpc) is 3.28. The van der Waals surface area contributed by atoms with Gasteiger partial charge in [0.1, 0.15) is 5.82 Å². The van der Waals surface area contributed by atoms with Gasteiger partial charge in [0.05, 0.1) is 10.6 Å². The largest absolute Gasteiger partial charge is 0.356 e. The fraction of sp³-hybridized carbons (Fsp3) is 0.381. The van der Waals surface area contributed by atoms with E-state index in [0.717, 1.165) is 49.0 Å². The highest BCUT2D eigenvalue weighted by Crippen LogP contribution is 2.21. The fourth-order valence-electron chi connectivity index (χ4n) is 3.75. The summed E-state index contributed by atoms with van der Waals surface area (Å²) < 4.78 is 46.4. The van der Waals surface area contributed by atoms with Crippen LogP contribution < -0.4 is 4.72 Å². The van der Waals surface area contributed by atoms with Crippen molar-refractivity contribution in [1.29, 1.82) is 0 Å². The summed E-state index contributed by atoms with van der Waals surface area (Å²) in [6.07, 6.45) is 2.39. The predicted octanol–water partition coefficient (Wildman–Crippen LogP) is 3.26. The van der Waals surface area contributed by atoms with Gasteiger partial charge < -0.3 is 9.42 Å². The lowest BCUT2D eigenvalue weighted by Gasteiger charge is -2.16. The second-order valence-electron chi connectivity index (χ2n) is 7.59. The van der Waals surface area contributed by atoms with Gasteiger partial charge in [0.25, 0.3) is 0 Å². The summed E-state index contributed by atoms with van der Waals surface area (Å²) >= 11 is 0. The third kappa shape index (κ3) is 4.66. The molecule has 1 N–H and O–H groups in total. The molecular weight excluding hydrogens is 393 g/mol. The van der Waals surface area contributed by atoms with Crippen LogP contribution >= 0.6 is 0 Å². The van der Waals surface area contributed by atoms with Crippen molar-refractivity contribution in [1.82, 2.24) is 14.8 Å². The zero-order valence-corrected chi connectivity index (χ0v) is 17.1. The van der Waals surface area contributed by atoms with Crippen molar-refractivity contribution in [2.45, 2.75) is 37.1 Å². The molecule has 0 spiro atoms. The van der Waals surface area contributed by atoms with Gasteiger partial charge in [-0.3, -0.25) is 0 Å². The van der Waals surface area contributed by atoms with Crippen LogP contribution in [0.2, 0.25) is 0 Å². The van der Waals surface area contributed by atoms with Gasteiger partial charge >= 0.3 is 0 Å². The number of hydrogen-bond acceptors (Lipinski definition) is 5. The number of nitrogens with one attached hydrogen (secondary N) is 1. The first-order valence-electron chi connectivity index (χ1n) is 9.76. The van der Waals surface area contributed by atoms with Crippen LogP contribution in [0.3, 0.4) is 0 Å². The molecule has 0 radical (unpaired) electrons. The summed E-state index contributed by atoms with van der Waals surface area (Å²) in [5, 5.41) is 4.90. The van der Waals surface area contributed by atoms with E-state index in [-0.39, 0.29) is 11.9 Å². The topological polar surface area (TPSA) is 75.4 Å². The first kappa shape index (κ1) is 20.0. The molecule has 6 nitrogen and oxygen atoms in total. The number of likely N-dealkylation sites (tertiary alicyclic amines) is 1. The molecule has 1 unspecified atom stereocenters. The molecule has 1 aliphatic rings. The van der Waals surface area contributed by atoms with Crippen LogP contribution in [-0.2, 0) is 16.4 Å². The van der Waals surface area contributed by atoms with Crippen LogP contribution in [0.5, 0.6) is 0 Å². The second-order valence-corrected chi connectivity index (χ2v) is 9.31. The quantitative estimate of drug-likeness (QED) is 0.639. The molecule has 2 heterocycles. The van der Waals surface area contributed by atoms with Gasteiger partial charge in [-0.1, -0.05) is 22.9 Å². The molecule has 1 aliphatic heterocycles. The van der Waals surface area contributed by atoms with E-state index >= 15 is 0 Å². The van der Waals surface area contributed by atoms with E-state index in [1.807, 2.05) is 6.92 Å². The Morgan fingerprint density at radius 3 is 2.83 bits per heavy atom. The summed E-state index contributed by atoms with van der Waals surface area (Å²) in [5.74, 6) is -0.337. The number of halogens is 1. The van der Waals surface area contributed by atoms with Crippen LogP contribution in [0, 0.1) is 12.7 Å². The minimum atomic E-state index is -3.50. The maximum Gasteiger partial charge on any atom is 0.240 e. The van der Waals surface area contributed by atoms with Crippen molar-refractivity contribution in [3.8, 4) is 0 Å². The van der Waals surface area contributed by atoms with Gasteiger partial charge in [-0.25, -0.2) is 17.5 Å². The van der Waals surface area contributed by atoms with Crippen molar-refractivity contribution in [2.24, 2.45) is 0 Å². The van der Waals surface area contributed by atoms with Crippen LogP contribution in [0.4, 0.5) is 4.39 Å². The lowest BCUT2D eigenvalue weighted by molar-refractivity contribution is 0.326. The molecule has 8 heteroatoms. The number of sulfonamides is 1. The molecule has 4 rings (SSSR count). The molecule has 0 amide bonds. The van der Waals surface area contributed by atoms with Gasteiger partial charge in [-0.05, 0) is 63.5 Å². The Labute approximate surface area is 169 Å². The standard InChI is InChI=1S/C21H24FN3O3S/c1-15-4-7-18(8-5-15)29(26,27)24-17-10-12-25(14-17)11-2-3-20-19-9-6-16(22)13-21(19)28-23-20/h4-9,13,17,24H,2-3,10-12,14H2,1H3. The summed E-state index contributed by atoms with van der Waals surface area (Å²) in [6.45, 7) is 4.32. The van der Waals surface area contributed by atoms with Crippen molar-refractivity contribution >= 4 is 21.0 Å². The maximum absolute atomic E-state index is 13.2. The Bertz CT molecular complexity index is 1100. The molecule has 0 bridgehead atoms. The Kier molecular flexibility index (Phi) is 5.67. The highest BCUT2D eigenvalue weighted by molar-refractivity contribution is 7.89. The molecular formula is C21H24FN3O3S. The minimum absolute atomic E-state index is 0.0860. The number of aromatic nitrogens is 1. The molecule has 29 heavy (non-hydrogen) atoms. The Morgan fingerprint density at radius 1 is 1.24 bits per heavy atom.